The van der Waals surface area contributed by atoms with Gasteiger partial charge in [-0.15, -0.1) is 0 Å². The summed E-state index contributed by atoms with van der Waals surface area (Å²) < 4.78 is 5.91. The topological polar surface area (TPSA) is 64.4 Å². The highest BCUT2D eigenvalue weighted by molar-refractivity contribution is 9.10. The summed E-state index contributed by atoms with van der Waals surface area (Å²) in [4.78, 5) is 10.5. The third-order valence-electron chi connectivity index (χ3n) is 2.45. The number of anilines is 1. The highest BCUT2D eigenvalue weighted by Gasteiger charge is 2.20. The summed E-state index contributed by atoms with van der Waals surface area (Å²) in [5.74, 6) is 0. The van der Waals surface area contributed by atoms with E-state index in [9.17, 15) is 10.1 Å². The number of nitro groups is 1. The molecule has 16 heavy (non-hydrogen) atoms. The molecule has 0 aliphatic carbocycles. The molecule has 1 N–H and O–H groups in total. The monoisotopic (exact) mass is 286 g/mol. The van der Waals surface area contributed by atoms with Gasteiger partial charge < -0.3 is 10.1 Å². The molecule has 2 rings (SSSR count). The van der Waals surface area contributed by atoms with E-state index in [2.05, 4.69) is 21.2 Å². The molecule has 0 spiro atoms. The van der Waals surface area contributed by atoms with Crippen LogP contribution in [0, 0.1) is 10.1 Å². The van der Waals surface area contributed by atoms with Gasteiger partial charge in [-0.1, -0.05) is 15.9 Å². The standard InChI is InChI=1S/C10H11BrN2O3/c11-7-1-2-9(10(5-7)13(14)15)12-8-3-4-16-6-8/h1-2,5,8,12H,3-4,6H2. The zero-order valence-corrected chi connectivity index (χ0v) is 10.1. The van der Waals surface area contributed by atoms with Crippen LogP contribution in [-0.4, -0.2) is 24.2 Å². The van der Waals surface area contributed by atoms with Crippen molar-refractivity contribution in [2.75, 3.05) is 18.5 Å². The Morgan fingerprint density at radius 1 is 1.56 bits per heavy atom. The lowest BCUT2D eigenvalue weighted by molar-refractivity contribution is -0.384. The highest BCUT2D eigenvalue weighted by atomic mass is 79.9. The van der Waals surface area contributed by atoms with E-state index in [4.69, 9.17) is 4.74 Å². The smallest absolute Gasteiger partial charge is 0.293 e. The van der Waals surface area contributed by atoms with Crippen LogP contribution in [0.2, 0.25) is 0 Å². The van der Waals surface area contributed by atoms with Gasteiger partial charge in [-0.05, 0) is 18.6 Å². The predicted octanol–water partition coefficient (Wildman–Crippen LogP) is 2.56. The fraction of sp³-hybridized carbons (Fsp3) is 0.400. The third-order valence-corrected chi connectivity index (χ3v) is 2.94. The molecule has 1 saturated heterocycles. The van der Waals surface area contributed by atoms with Crippen LogP contribution in [0.5, 0.6) is 0 Å². The zero-order valence-electron chi connectivity index (χ0n) is 8.48. The van der Waals surface area contributed by atoms with Crippen LogP contribution in [0.15, 0.2) is 22.7 Å². The van der Waals surface area contributed by atoms with Crippen molar-refractivity contribution in [1.29, 1.82) is 0 Å². The van der Waals surface area contributed by atoms with E-state index in [0.29, 0.717) is 23.4 Å². The Morgan fingerprint density at radius 2 is 2.38 bits per heavy atom. The molecule has 1 aromatic rings. The van der Waals surface area contributed by atoms with Crippen molar-refractivity contribution in [3.63, 3.8) is 0 Å². The van der Waals surface area contributed by atoms with Gasteiger partial charge in [0.2, 0.25) is 0 Å². The lowest BCUT2D eigenvalue weighted by Gasteiger charge is -2.12. The first-order valence-electron chi connectivity index (χ1n) is 4.95. The fourth-order valence-corrected chi connectivity index (χ4v) is 2.00. The quantitative estimate of drug-likeness (QED) is 0.685. The van der Waals surface area contributed by atoms with Crippen LogP contribution in [0.4, 0.5) is 11.4 Å². The molecule has 1 aliphatic heterocycles. The summed E-state index contributed by atoms with van der Waals surface area (Å²) in [6, 6.07) is 5.16. The Morgan fingerprint density at radius 3 is 3.00 bits per heavy atom. The van der Waals surface area contributed by atoms with Gasteiger partial charge in [0, 0.05) is 17.1 Å². The van der Waals surface area contributed by atoms with E-state index < -0.39 is 0 Å². The number of ether oxygens (including phenoxy) is 1. The average Bonchev–Trinajstić information content (AvgIpc) is 2.73. The van der Waals surface area contributed by atoms with E-state index in [1.54, 1.807) is 12.1 Å². The first kappa shape index (κ1) is 11.3. The van der Waals surface area contributed by atoms with Crippen molar-refractivity contribution in [2.24, 2.45) is 0 Å². The van der Waals surface area contributed by atoms with Crippen LogP contribution in [0.3, 0.4) is 0 Å². The number of hydrogen-bond donors (Lipinski definition) is 1. The number of nitrogens with zero attached hydrogens (tertiary/aromatic N) is 1. The summed E-state index contributed by atoms with van der Waals surface area (Å²) in [6.07, 6.45) is 0.882. The summed E-state index contributed by atoms with van der Waals surface area (Å²) in [5.41, 5.74) is 0.630. The van der Waals surface area contributed by atoms with Gasteiger partial charge in [-0.25, -0.2) is 0 Å². The second kappa shape index (κ2) is 4.80. The van der Waals surface area contributed by atoms with E-state index in [1.165, 1.54) is 6.07 Å². The van der Waals surface area contributed by atoms with Crippen LogP contribution < -0.4 is 5.32 Å². The normalized spacial score (nSPS) is 19.7. The molecule has 0 amide bonds. The van der Waals surface area contributed by atoms with Gasteiger partial charge in [0.15, 0.2) is 0 Å². The Labute approximate surface area is 101 Å². The van der Waals surface area contributed by atoms with Crippen molar-refractivity contribution >= 4 is 27.3 Å². The summed E-state index contributed by atoms with van der Waals surface area (Å²) in [7, 11) is 0. The van der Waals surface area contributed by atoms with Crippen LogP contribution in [0.1, 0.15) is 6.42 Å². The molecular formula is C10H11BrN2O3. The number of rotatable bonds is 3. The Kier molecular flexibility index (Phi) is 3.40. The molecule has 1 unspecified atom stereocenters. The van der Waals surface area contributed by atoms with E-state index >= 15 is 0 Å². The SMILES string of the molecule is O=[N+]([O-])c1cc(Br)ccc1NC1CCOC1. The minimum Gasteiger partial charge on any atom is -0.379 e. The largest absolute Gasteiger partial charge is 0.379 e. The maximum Gasteiger partial charge on any atom is 0.293 e. The van der Waals surface area contributed by atoms with Crippen molar-refractivity contribution in [3.05, 3.63) is 32.8 Å². The van der Waals surface area contributed by atoms with Gasteiger partial charge in [0.05, 0.1) is 17.6 Å². The van der Waals surface area contributed by atoms with Crippen LogP contribution >= 0.6 is 15.9 Å². The molecule has 1 aliphatic rings. The molecule has 1 fully saturated rings. The number of halogens is 1. The third kappa shape index (κ3) is 2.51. The minimum atomic E-state index is -0.386. The van der Waals surface area contributed by atoms with Crippen LogP contribution in [0.25, 0.3) is 0 Å². The van der Waals surface area contributed by atoms with Gasteiger partial charge in [0.25, 0.3) is 5.69 Å². The molecule has 1 aromatic carbocycles. The molecule has 1 heterocycles. The number of benzene rings is 1. The molecule has 1 atom stereocenters. The maximum absolute atomic E-state index is 10.9. The second-order valence-electron chi connectivity index (χ2n) is 3.62. The van der Waals surface area contributed by atoms with Gasteiger partial charge in [-0.3, -0.25) is 10.1 Å². The number of hydrogen-bond acceptors (Lipinski definition) is 4. The first-order valence-corrected chi connectivity index (χ1v) is 5.74. The number of nitro benzene ring substituents is 1. The maximum atomic E-state index is 10.9. The Bertz CT molecular complexity index is 405. The van der Waals surface area contributed by atoms with E-state index in [0.717, 1.165) is 6.42 Å². The zero-order chi connectivity index (χ0) is 11.5. The van der Waals surface area contributed by atoms with Crippen molar-refractivity contribution in [1.82, 2.24) is 0 Å². The molecule has 0 aromatic heterocycles. The van der Waals surface area contributed by atoms with Gasteiger partial charge in [-0.2, -0.15) is 0 Å². The summed E-state index contributed by atoms with van der Waals surface area (Å²) in [5, 5.41) is 14.0. The Balaban J connectivity index is 2.21. The fourth-order valence-electron chi connectivity index (χ4n) is 1.65. The molecular weight excluding hydrogens is 276 g/mol. The van der Waals surface area contributed by atoms with E-state index in [-0.39, 0.29) is 16.7 Å². The average molecular weight is 287 g/mol. The van der Waals surface area contributed by atoms with Gasteiger partial charge >= 0.3 is 0 Å². The van der Waals surface area contributed by atoms with Gasteiger partial charge in [0.1, 0.15) is 5.69 Å². The highest BCUT2D eigenvalue weighted by Crippen LogP contribution is 2.29. The first-order chi connectivity index (χ1) is 7.66. The molecule has 86 valence electrons. The lowest BCUT2D eigenvalue weighted by Crippen LogP contribution is -2.19. The molecule has 0 saturated carbocycles. The van der Waals surface area contributed by atoms with Crippen molar-refractivity contribution in [3.8, 4) is 0 Å². The Hall–Kier alpha value is -1.14. The molecule has 6 heteroatoms. The molecule has 0 bridgehead atoms. The van der Waals surface area contributed by atoms with Crippen molar-refractivity contribution in [2.45, 2.75) is 12.5 Å². The molecule has 5 nitrogen and oxygen atoms in total. The van der Waals surface area contributed by atoms with E-state index in [1.807, 2.05) is 0 Å². The van der Waals surface area contributed by atoms with Crippen LogP contribution in [-0.2, 0) is 4.74 Å². The van der Waals surface area contributed by atoms with Crippen molar-refractivity contribution < 1.29 is 9.66 Å². The lowest BCUT2D eigenvalue weighted by atomic mass is 10.2. The molecule has 0 radical (unpaired) electrons. The number of nitrogens with one attached hydrogen (secondary N) is 1. The predicted molar refractivity (Wildman–Crippen MR) is 63.6 cm³/mol. The summed E-state index contributed by atoms with van der Waals surface area (Å²) >= 11 is 3.22. The minimum absolute atomic E-state index is 0.0845. The summed E-state index contributed by atoms with van der Waals surface area (Å²) in [6.45, 7) is 1.31. The second-order valence-corrected chi connectivity index (χ2v) is 4.54.